The highest BCUT2D eigenvalue weighted by Gasteiger charge is 2.18. The average Bonchev–Trinajstić information content (AvgIpc) is 2.93. The molecule has 2 aromatic heterocycles. The van der Waals surface area contributed by atoms with Crippen LogP contribution < -0.4 is 10.5 Å². The maximum Gasteiger partial charge on any atom is 0.417 e. The summed E-state index contributed by atoms with van der Waals surface area (Å²) in [5, 5.41) is 6.24. The quantitative estimate of drug-likeness (QED) is 0.664. The number of rotatable bonds is 3. The van der Waals surface area contributed by atoms with Gasteiger partial charge in [-0.15, -0.1) is 0 Å². The fraction of sp³-hybridized carbons (Fsp3) is 0.0909. The molecule has 0 amide bonds. The summed E-state index contributed by atoms with van der Waals surface area (Å²) in [5.74, 6) is -0.592. The van der Waals surface area contributed by atoms with Crippen LogP contribution in [0.3, 0.4) is 0 Å². The van der Waals surface area contributed by atoms with E-state index in [0.717, 1.165) is 0 Å². The van der Waals surface area contributed by atoms with Crippen LogP contribution in [0.15, 0.2) is 38.5 Å². The van der Waals surface area contributed by atoms with Gasteiger partial charge in [-0.1, -0.05) is 0 Å². The van der Waals surface area contributed by atoms with Gasteiger partial charge in [0.15, 0.2) is 5.58 Å². The number of benzene rings is 1. The Hall–Kier alpha value is -2.55. The molecule has 0 atom stereocenters. The molecule has 3 aromatic rings. The number of anilines is 1. The predicted octanol–water partition coefficient (Wildman–Crippen LogP) is 0.953. The van der Waals surface area contributed by atoms with Crippen LogP contribution in [-0.2, 0) is 10.0 Å². The molecule has 8 nitrogen and oxygen atoms in total. The molecule has 104 valence electrons. The molecule has 0 fully saturated rings. The van der Waals surface area contributed by atoms with E-state index in [4.69, 9.17) is 4.42 Å². The van der Waals surface area contributed by atoms with Crippen molar-refractivity contribution in [2.24, 2.45) is 0 Å². The Bertz CT molecular complexity index is 935. The summed E-state index contributed by atoms with van der Waals surface area (Å²) in [7, 11) is -3.73. The van der Waals surface area contributed by atoms with Gasteiger partial charge in [0.25, 0.3) is 10.0 Å². The second-order valence-electron chi connectivity index (χ2n) is 4.19. The molecule has 0 aliphatic rings. The third-order valence-corrected chi connectivity index (χ3v) is 4.24. The molecule has 0 aliphatic heterocycles. The minimum absolute atomic E-state index is 0.0679. The van der Waals surface area contributed by atoms with Crippen molar-refractivity contribution in [2.45, 2.75) is 11.8 Å². The zero-order chi connectivity index (χ0) is 14.3. The molecule has 0 saturated heterocycles. The fourth-order valence-corrected chi connectivity index (χ4v) is 3.02. The lowest BCUT2D eigenvalue weighted by atomic mass is 10.3. The molecule has 0 bridgehead atoms. The van der Waals surface area contributed by atoms with Gasteiger partial charge in [-0.25, -0.2) is 13.2 Å². The van der Waals surface area contributed by atoms with Crippen molar-refractivity contribution < 1.29 is 12.8 Å². The lowest BCUT2D eigenvalue weighted by Crippen LogP contribution is -2.13. The largest absolute Gasteiger partial charge is 0.417 e. The van der Waals surface area contributed by atoms with Crippen molar-refractivity contribution in [2.75, 3.05) is 4.72 Å². The first-order chi connectivity index (χ1) is 9.45. The number of fused-ring (bicyclic) bond motifs is 1. The first-order valence-electron chi connectivity index (χ1n) is 5.61. The first kappa shape index (κ1) is 12.5. The topological polar surface area (TPSA) is 121 Å². The Morgan fingerprint density at radius 1 is 1.35 bits per heavy atom. The summed E-state index contributed by atoms with van der Waals surface area (Å²) < 4.78 is 31.6. The number of hydrogen-bond donors (Lipinski definition) is 3. The lowest BCUT2D eigenvalue weighted by molar-refractivity contribution is 0.555. The van der Waals surface area contributed by atoms with E-state index in [1.165, 1.54) is 24.4 Å². The van der Waals surface area contributed by atoms with Gasteiger partial charge >= 0.3 is 5.76 Å². The zero-order valence-electron chi connectivity index (χ0n) is 10.3. The number of sulfonamides is 1. The van der Waals surface area contributed by atoms with Crippen LogP contribution >= 0.6 is 0 Å². The Balaban J connectivity index is 2.00. The summed E-state index contributed by atoms with van der Waals surface area (Å²) in [5.41, 5.74) is 1.53. The molecular weight excluding hydrogens is 284 g/mol. The second kappa shape index (κ2) is 4.23. The minimum atomic E-state index is -3.73. The van der Waals surface area contributed by atoms with E-state index < -0.39 is 15.8 Å². The van der Waals surface area contributed by atoms with E-state index in [2.05, 4.69) is 19.9 Å². The number of aromatic amines is 2. The van der Waals surface area contributed by atoms with E-state index in [1.54, 1.807) is 6.92 Å². The summed E-state index contributed by atoms with van der Waals surface area (Å²) in [6, 6.07) is 4.49. The number of aromatic nitrogens is 3. The number of oxazole rings is 1. The number of hydrogen-bond acceptors (Lipinski definition) is 5. The molecular formula is C11H10N4O4S. The maximum atomic E-state index is 12.2. The summed E-state index contributed by atoms with van der Waals surface area (Å²) >= 11 is 0. The normalized spacial score (nSPS) is 11.8. The van der Waals surface area contributed by atoms with Crippen LogP contribution in [0.25, 0.3) is 11.1 Å². The Labute approximate surface area is 112 Å². The summed E-state index contributed by atoms with van der Waals surface area (Å²) in [4.78, 5) is 13.6. The molecule has 1 aromatic carbocycles. The second-order valence-corrected chi connectivity index (χ2v) is 5.84. The van der Waals surface area contributed by atoms with E-state index in [-0.39, 0.29) is 4.90 Å². The van der Waals surface area contributed by atoms with Crippen LogP contribution in [0.2, 0.25) is 0 Å². The van der Waals surface area contributed by atoms with Crippen LogP contribution in [0.5, 0.6) is 0 Å². The van der Waals surface area contributed by atoms with Gasteiger partial charge < -0.3 is 4.42 Å². The highest BCUT2D eigenvalue weighted by molar-refractivity contribution is 7.92. The number of aryl methyl sites for hydroxylation is 1. The van der Waals surface area contributed by atoms with Gasteiger partial charge in [-0.2, -0.15) is 5.10 Å². The SMILES string of the molecule is Cc1[nH]ncc1S(=O)(=O)Nc1ccc2oc(=O)[nH]c2c1. The van der Waals surface area contributed by atoms with Gasteiger partial charge in [0.1, 0.15) is 4.90 Å². The molecule has 2 heterocycles. The van der Waals surface area contributed by atoms with E-state index >= 15 is 0 Å². The Morgan fingerprint density at radius 3 is 2.85 bits per heavy atom. The van der Waals surface area contributed by atoms with Gasteiger partial charge in [0.2, 0.25) is 0 Å². The highest BCUT2D eigenvalue weighted by Crippen LogP contribution is 2.20. The Morgan fingerprint density at radius 2 is 2.15 bits per heavy atom. The van der Waals surface area contributed by atoms with E-state index in [1.807, 2.05) is 0 Å². The third kappa shape index (κ3) is 2.07. The van der Waals surface area contributed by atoms with Crippen molar-refractivity contribution in [1.82, 2.24) is 15.2 Å². The molecule has 0 spiro atoms. The highest BCUT2D eigenvalue weighted by atomic mass is 32.2. The molecule has 0 aliphatic carbocycles. The van der Waals surface area contributed by atoms with Gasteiger partial charge in [-0.3, -0.25) is 14.8 Å². The van der Waals surface area contributed by atoms with Crippen LogP contribution in [0.4, 0.5) is 5.69 Å². The van der Waals surface area contributed by atoms with Crippen molar-refractivity contribution in [3.8, 4) is 0 Å². The third-order valence-electron chi connectivity index (χ3n) is 2.74. The summed E-state index contributed by atoms with van der Waals surface area (Å²) in [6.07, 6.45) is 1.23. The Kier molecular flexibility index (Phi) is 2.64. The number of H-pyrrole nitrogens is 2. The predicted molar refractivity (Wildman–Crippen MR) is 71.0 cm³/mol. The van der Waals surface area contributed by atoms with Crippen LogP contribution in [0.1, 0.15) is 5.69 Å². The maximum absolute atomic E-state index is 12.2. The van der Waals surface area contributed by atoms with Crippen molar-refractivity contribution in [3.63, 3.8) is 0 Å². The monoisotopic (exact) mass is 294 g/mol. The van der Waals surface area contributed by atoms with Gasteiger partial charge in [0.05, 0.1) is 23.1 Å². The standard InChI is InChI=1S/C11H10N4O4S/c1-6-10(5-12-14-6)20(17,18)15-7-2-3-9-8(4-7)13-11(16)19-9/h2-5,15H,1H3,(H,12,14)(H,13,16). The van der Waals surface area contributed by atoms with Crippen LogP contribution in [0, 0.1) is 6.92 Å². The molecule has 3 N–H and O–H groups in total. The van der Waals surface area contributed by atoms with Crippen molar-refractivity contribution in [3.05, 3.63) is 40.6 Å². The fourth-order valence-electron chi connectivity index (χ4n) is 1.84. The molecule has 3 rings (SSSR count). The summed E-state index contributed by atoms with van der Waals surface area (Å²) in [6.45, 7) is 1.61. The lowest BCUT2D eigenvalue weighted by Gasteiger charge is -2.06. The molecule has 20 heavy (non-hydrogen) atoms. The minimum Gasteiger partial charge on any atom is -0.408 e. The molecule has 0 saturated carbocycles. The first-order valence-corrected chi connectivity index (χ1v) is 7.10. The van der Waals surface area contributed by atoms with E-state index in [9.17, 15) is 13.2 Å². The van der Waals surface area contributed by atoms with E-state index in [0.29, 0.717) is 22.5 Å². The van der Waals surface area contributed by atoms with Crippen molar-refractivity contribution >= 4 is 26.8 Å². The molecule has 0 unspecified atom stereocenters. The smallest absolute Gasteiger partial charge is 0.408 e. The molecule has 0 radical (unpaired) electrons. The number of nitrogens with zero attached hydrogens (tertiary/aromatic N) is 1. The van der Waals surface area contributed by atoms with Crippen LogP contribution in [-0.4, -0.2) is 23.6 Å². The van der Waals surface area contributed by atoms with Gasteiger partial charge in [0, 0.05) is 0 Å². The van der Waals surface area contributed by atoms with Gasteiger partial charge in [-0.05, 0) is 25.1 Å². The van der Waals surface area contributed by atoms with Crippen molar-refractivity contribution in [1.29, 1.82) is 0 Å². The zero-order valence-corrected chi connectivity index (χ0v) is 11.1. The average molecular weight is 294 g/mol. The molecule has 9 heteroatoms. The number of nitrogens with one attached hydrogen (secondary N) is 3.